The molecule has 0 bridgehead atoms. The fourth-order valence-corrected chi connectivity index (χ4v) is 2.45. The van der Waals surface area contributed by atoms with Crippen LogP contribution in [0, 0.1) is 11.3 Å². The Hall–Kier alpha value is -0.600. The monoisotopic (exact) mass is 284 g/mol. The molecule has 1 aliphatic carbocycles. The summed E-state index contributed by atoms with van der Waals surface area (Å²) in [7, 11) is 0. The van der Waals surface area contributed by atoms with Crippen molar-refractivity contribution in [3.63, 3.8) is 0 Å². The van der Waals surface area contributed by atoms with Crippen LogP contribution < -0.4 is 3.53 Å². The van der Waals surface area contributed by atoms with Crippen molar-refractivity contribution in [1.82, 2.24) is 3.53 Å². The summed E-state index contributed by atoms with van der Waals surface area (Å²) in [6.45, 7) is 0. The molecule has 0 fully saturated rings. The smallest absolute Gasteiger partial charge is 0.0991 e. The minimum atomic E-state index is 0.475. The summed E-state index contributed by atoms with van der Waals surface area (Å²) in [6, 6.07) is 8.61. The second-order valence-corrected chi connectivity index (χ2v) is 3.85. The number of halogens is 1. The van der Waals surface area contributed by atoms with Crippen LogP contribution in [-0.4, -0.2) is 0 Å². The van der Waals surface area contributed by atoms with Crippen LogP contribution >= 0.6 is 22.9 Å². The van der Waals surface area contributed by atoms with Gasteiger partial charge in [0.15, 0.2) is 0 Å². The molecule has 0 amide bonds. The molecule has 1 aromatic carbocycles. The molecule has 0 aromatic heterocycles. The Morgan fingerprint density at radius 1 is 1.54 bits per heavy atom. The second-order valence-electron chi connectivity index (χ2n) is 3.23. The van der Waals surface area contributed by atoms with Crippen LogP contribution in [-0.2, 0) is 6.42 Å². The van der Waals surface area contributed by atoms with E-state index in [0.717, 1.165) is 18.4 Å². The average molecular weight is 284 g/mol. The lowest BCUT2D eigenvalue weighted by atomic mass is 10.1. The summed E-state index contributed by atoms with van der Waals surface area (Å²) in [5.41, 5.74) is 3.45. The maximum absolute atomic E-state index is 8.72. The van der Waals surface area contributed by atoms with Gasteiger partial charge in [-0.3, -0.25) is 3.53 Å². The highest BCUT2D eigenvalue weighted by atomic mass is 127. The van der Waals surface area contributed by atoms with Gasteiger partial charge in [-0.15, -0.1) is 0 Å². The van der Waals surface area contributed by atoms with Gasteiger partial charge in [0.05, 0.1) is 11.6 Å². The van der Waals surface area contributed by atoms with Crippen LogP contribution in [0.2, 0.25) is 0 Å². The molecule has 3 heteroatoms. The van der Waals surface area contributed by atoms with E-state index in [1.165, 1.54) is 11.1 Å². The lowest BCUT2D eigenvalue weighted by Gasteiger charge is -2.07. The first-order valence-electron chi connectivity index (χ1n) is 4.24. The van der Waals surface area contributed by atoms with E-state index >= 15 is 0 Å². The van der Waals surface area contributed by atoms with Crippen molar-refractivity contribution in [2.45, 2.75) is 18.9 Å². The van der Waals surface area contributed by atoms with E-state index in [4.69, 9.17) is 5.26 Å². The molecule has 0 heterocycles. The van der Waals surface area contributed by atoms with Gasteiger partial charge in [0.1, 0.15) is 0 Å². The Balaban J connectivity index is 2.41. The van der Waals surface area contributed by atoms with Gasteiger partial charge in [-0.25, -0.2) is 0 Å². The zero-order valence-corrected chi connectivity index (χ0v) is 9.21. The maximum atomic E-state index is 8.72. The molecule has 13 heavy (non-hydrogen) atoms. The summed E-state index contributed by atoms with van der Waals surface area (Å²) < 4.78 is 3.24. The fraction of sp³-hybridized carbons (Fsp3) is 0.300. The Labute approximate surface area is 91.4 Å². The molecule has 0 spiro atoms. The zero-order chi connectivity index (χ0) is 9.26. The quantitative estimate of drug-likeness (QED) is 0.635. The molecular weight excluding hydrogens is 275 g/mol. The summed E-state index contributed by atoms with van der Waals surface area (Å²) in [5.74, 6) is 0. The average Bonchev–Trinajstić information content (AvgIpc) is 2.59. The third kappa shape index (κ3) is 1.56. The van der Waals surface area contributed by atoms with Crippen molar-refractivity contribution >= 4 is 22.9 Å². The molecular formula is C10H9IN2. The Morgan fingerprint density at radius 3 is 3.08 bits per heavy atom. The summed E-state index contributed by atoms with van der Waals surface area (Å²) in [4.78, 5) is 0. The molecule has 2 nitrogen and oxygen atoms in total. The molecule has 0 aliphatic heterocycles. The lowest BCUT2D eigenvalue weighted by molar-refractivity contribution is 0.684. The normalized spacial score (nSPS) is 19.5. The topological polar surface area (TPSA) is 35.8 Å². The third-order valence-corrected chi connectivity index (χ3v) is 3.23. The number of hydrogen-bond acceptors (Lipinski definition) is 2. The van der Waals surface area contributed by atoms with E-state index in [1.54, 1.807) is 0 Å². The molecule has 1 atom stereocenters. The fourth-order valence-electron chi connectivity index (χ4n) is 1.80. The van der Waals surface area contributed by atoms with Gasteiger partial charge in [-0.05, 0) is 36.1 Å². The Kier molecular flexibility index (Phi) is 2.51. The predicted octanol–water partition coefficient (Wildman–Crippen LogP) is 2.49. The number of aryl methyl sites for hydroxylation is 1. The SMILES string of the molecule is N#Cc1ccc2c(c1)CC[C@H]2NI. The van der Waals surface area contributed by atoms with Gasteiger partial charge >= 0.3 is 0 Å². The number of nitrogens with zero attached hydrogens (tertiary/aromatic N) is 1. The number of benzene rings is 1. The van der Waals surface area contributed by atoms with E-state index in [-0.39, 0.29) is 0 Å². The van der Waals surface area contributed by atoms with Crippen molar-refractivity contribution in [2.75, 3.05) is 0 Å². The number of fused-ring (bicyclic) bond motifs is 1. The molecule has 1 N–H and O–H groups in total. The first-order chi connectivity index (χ1) is 6.35. The molecule has 0 saturated carbocycles. The van der Waals surface area contributed by atoms with Crippen molar-refractivity contribution < 1.29 is 0 Å². The van der Waals surface area contributed by atoms with Gasteiger partial charge in [0.25, 0.3) is 0 Å². The molecule has 0 radical (unpaired) electrons. The molecule has 0 unspecified atom stereocenters. The van der Waals surface area contributed by atoms with E-state index in [2.05, 4.69) is 38.5 Å². The Bertz CT molecular complexity index is 368. The first kappa shape index (κ1) is 8.97. The van der Waals surface area contributed by atoms with Gasteiger partial charge in [-0.1, -0.05) is 6.07 Å². The van der Waals surface area contributed by atoms with Crippen LogP contribution in [0.15, 0.2) is 18.2 Å². The number of nitriles is 1. The highest BCUT2D eigenvalue weighted by Gasteiger charge is 2.21. The molecule has 0 saturated heterocycles. The number of hydrogen-bond donors (Lipinski definition) is 1. The van der Waals surface area contributed by atoms with E-state index < -0.39 is 0 Å². The van der Waals surface area contributed by atoms with Gasteiger partial charge < -0.3 is 0 Å². The van der Waals surface area contributed by atoms with Crippen LogP contribution in [0.25, 0.3) is 0 Å². The standard InChI is InChI=1S/C10H9IN2/c11-13-10-4-2-8-5-7(6-12)1-3-9(8)10/h1,3,5,10,13H,2,4H2/t10-/m1/s1. The van der Waals surface area contributed by atoms with E-state index in [0.29, 0.717) is 6.04 Å². The Morgan fingerprint density at radius 2 is 2.38 bits per heavy atom. The van der Waals surface area contributed by atoms with Crippen molar-refractivity contribution in [3.8, 4) is 6.07 Å². The van der Waals surface area contributed by atoms with Crippen LogP contribution in [0.4, 0.5) is 0 Å². The summed E-state index contributed by atoms with van der Waals surface area (Å²) >= 11 is 2.19. The highest BCUT2D eigenvalue weighted by molar-refractivity contribution is 14.1. The molecule has 66 valence electrons. The summed E-state index contributed by atoms with van der Waals surface area (Å²) in [6.07, 6.45) is 2.23. The summed E-state index contributed by atoms with van der Waals surface area (Å²) in [5, 5.41) is 8.72. The first-order valence-corrected chi connectivity index (χ1v) is 5.32. The van der Waals surface area contributed by atoms with Crippen LogP contribution in [0.3, 0.4) is 0 Å². The molecule has 1 aromatic rings. The highest BCUT2D eigenvalue weighted by Crippen LogP contribution is 2.32. The minimum absolute atomic E-state index is 0.475. The van der Waals surface area contributed by atoms with Gasteiger partial charge in [0.2, 0.25) is 0 Å². The molecule has 1 aliphatic rings. The van der Waals surface area contributed by atoms with Crippen LogP contribution in [0.1, 0.15) is 29.2 Å². The van der Waals surface area contributed by atoms with Gasteiger partial charge in [0, 0.05) is 28.9 Å². The van der Waals surface area contributed by atoms with Crippen LogP contribution in [0.5, 0.6) is 0 Å². The van der Waals surface area contributed by atoms with E-state index in [1.807, 2.05) is 12.1 Å². The largest absolute Gasteiger partial charge is 0.254 e. The molecule has 2 rings (SSSR count). The lowest BCUT2D eigenvalue weighted by Crippen LogP contribution is -2.05. The van der Waals surface area contributed by atoms with Crippen molar-refractivity contribution in [2.24, 2.45) is 0 Å². The predicted molar refractivity (Wildman–Crippen MR) is 59.4 cm³/mol. The third-order valence-electron chi connectivity index (χ3n) is 2.48. The number of nitrogens with one attached hydrogen (secondary N) is 1. The van der Waals surface area contributed by atoms with E-state index in [9.17, 15) is 0 Å². The van der Waals surface area contributed by atoms with Crippen molar-refractivity contribution in [1.29, 1.82) is 5.26 Å². The number of rotatable bonds is 1. The minimum Gasteiger partial charge on any atom is -0.254 e. The second kappa shape index (κ2) is 3.64. The zero-order valence-electron chi connectivity index (χ0n) is 7.05. The van der Waals surface area contributed by atoms with Gasteiger partial charge in [-0.2, -0.15) is 5.26 Å². The van der Waals surface area contributed by atoms with Crippen molar-refractivity contribution in [3.05, 3.63) is 34.9 Å². The maximum Gasteiger partial charge on any atom is 0.0991 e.